The van der Waals surface area contributed by atoms with Crippen LogP contribution in [0.2, 0.25) is 0 Å². The number of methoxy groups -OCH3 is 1. The Labute approximate surface area is 206 Å². The molecule has 3 fully saturated rings. The van der Waals surface area contributed by atoms with Gasteiger partial charge in [-0.1, -0.05) is 6.07 Å². The van der Waals surface area contributed by atoms with E-state index in [2.05, 4.69) is 5.32 Å². The van der Waals surface area contributed by atoms with Gasteiger partial charge in [-0.15, -0.1) is 11.8 Å². The number of fused-ring (bicyclic) bond motifs is 1. The van der Waals surface area contributed by atoms with Gasteiger partial charge in [0.25, 0.3) is 11.1 Å². The quantitative estimate of drug-likeness (QED) is 0.538. The van der Waals surface area contributed by atoms with Crippen LogP contribution in [0.5, 0.6) is 11.5 Å². The molecule has 4 rings (SSSR count). The van der Waals surface area contributed by atoms with Crippen molar-refractivity contribution in [3.8, 4) is 11.5 Å². The Morgan fingerprint density at radius 3 is 2.82 bits per heavy atom. The summed E-state index contributed by atoms with van der Waals surface area (Å²) < 4.78 is 10.8. The molecule has 3 aliphatic rings. The van der Waals surface area contributed by atoms with E-state index in [4.69, 9.17) is 9.47 Å². The summed E-state index contributed by atoms with van der Waals surface area (Å²) in [6.45, 7) is 4.55. The van der Waals surface area contributed by atoms with Crippen LogP contribution in [0.25, 0.3) is 6.08 Å². The minimum Gasteiger partial charge on any atom is -0.493 e. The van der Waals surface area contributed by atoms with Gasteiger partial charge in [-0.05, 0) is 55.8 Å². The number of carbonyl (C=O) groups is 4. The summed E-state index contributed by atoms with van der Waals surface area (Å²) in [7, 11) is 1.54. The third-order valence-corrected chi connectivity index (χ3v) is 8.45. The van der Waals surface area contributed by atoms with Gasteiger partial charge in [0.2, 0.25) is 11.8 Å². The van der Waals surface area contributed by atoms with E-state index in [-0.39, 0.29) is 35.0 Å². The first-order valence-corrected chi connectivity index (χ1v) is 12.9. The minimum atomic E-state index is -0.519. The molecule has 3 heterocycles. The van der Waals surface area contributed by atoms with Crippen molar-refractivity contribution < 1.29 is 28.7 Å². The van der Waals surface area contributed by atoms with Gasteiger partial charge in [-0.2, -0.15) is 0 Å². The lowest BCUT2D eigenvalue weighted by molar-refractivity contribution is -0.137. The lowest BCUT2D eigenvalue weighted by Crippen LogP contribution is -2.51. The largest absolute Gasteiger partial charge is 0.493 e. The van der Waals surface area contributed by atoms with Gasteiger partial charge >= 0.3 is 0 Å². The number of nitrogens with zero attached hydrogens (tertiary/aromatic N) is 2. The summed E-state index contributed by atoms with van der Waals surface area (Å²) in [5, 5.41) is 2.40. The lowest BCUT2D eigenvalue weighted by atomic mass is 10.2. The highest BCUT2D eigenvalue weighted by molar-refractivity contribution is 8.18. The molecule has 3 aliphatic heterocycles. The van der Waals surface area contributed by atoms with Gasteiger partial charge in [-0.25, -0.2) is 0 Å². The number of carbonyl (C=O) groups excluding carboxylic acids is 4. The van der Waals surface area contributed by atoms with E-state index >= 15 is 0 Å². The summed E-state index contributed by atoms with van der Waals surface area (Å²) in [4.78, 5) is 53.0. The van der Waals surface area contributed by atoms with Crippen molar-refractivity contribution in [3.63, 3.8) is 0 Å². The molecule has 0 radical (unpaired) electrons. The van der Waals surface area contributed by atoms with Crippen molar-refractivity contribution in [2.24, 2.45) is 0 Å². The maximum Gasteiger partial charge on any atom is 0.293 e. The van der Waals surface area contributed by atoms with Gasteiger partial charge in [0.1, 0.15) is 6.04 Å². The summed E-state index contributed by atoms with van der Waals surface area (Å²) >= 11 is 2.48. The molecule has 2 atom stereocenters. The van der Waals surface area contributed by atoms with Crippen LogP contribution >= 0.6 is 23.5 Å². The number of thioether (sulfide) groups is 2. The van der Waals surface area contributed by atoms with Crippen molar-refractivity contribution in [1.29, 1.82) is 0 Å². The number of amides is 4. The zero-order chi connectivity index (χ0) is 24.5. The molecule has 0 aliphatic carbocycles. The molecule has 1 aromatic carbocycles. The maximum absolute atomic E-state index is 12.8. The van der Waals surface area contributed by atoms with Crippen LogP contribution in [0, 0.1) is 0 Å². The predicted octanol–water partition coefficient (Wildman–Crippen LogP) is 2.70. The molecule has 0 unspecified atom stereocenters. The molecule has 0 aromatic heterocycles. The number of hydrogen-bond acceptors (Lipinski definition) is 8. The molecule has 34 heavy (non-hydrogen) atoms. The van der Waals surface area contributed by atoms with E-state index in [1.54, 1.807) is 40.9 Å². The Kier molecular flexibility index (Phi) is 7.13. The molecule has 3 saturated heterocycles. The summed E-state index contributed by atoms with van der Waals surface area (Å²) in [5.74, 6) is 1.02. The summed E-state index contributed by atoms with van der Waals surface area (Å²) in [5.41, 5.74) is 0.705. The van der Waals surface area contributed by atoms with Gasteiger partial charge < -0.3 is 19.7 Å². The highest BCUT2D eigenvalue weighted by Gasteiger charge is 2.52. The van der Waals surface area contributed by atoms with Crippen molar-refractivity contribution >= 4 is 52.6 Å². The Morgan fingerprint density at radius 2 is 2.09 bits per heavy atom. The van der Waals surface area contributed by atoms with E-state index in [0.29, 0.717) is 40.7 Å². The summed E-state index contributed by atoms with van der Waals surface area (Å²) in [6.07, 6.45) is 2.83. The molecular weight excluding hydrogens is 478 g/mol. The molecule has 4 amide bonds. The molecule has 0 spiro atoms. The number of nitrogens with one attached hydrogen (secondary N) is 1. The molecule has 182 valence electrons. The third kappa shape index (κ3) is 4.63. The molecule has 1 N–H and O–H groups in total. The van der Waals surface area contributed by atoms with Crippen LogP contribution in [-0.2, 0) is 14.4 Å². The van der Waals surface area contributed by atoms with E-state index in [9.17, 15) is 19.2 Å². The Bertz CT molecular complexity index is 1060. The minimum absolute atomic E-state index is 0.00496. The highest BCUT2D eigenvalue weighted by atomic mass is 32.2. The Morgan fingerprint density at radius 1 is 1.29 bits per heavy atom. The number of imide groups is 1. The number of ether oxygens (including phenoxy) is 2. The third-order valence-electron chi connectivity index (χ3n) is 6.04. The van der Waals surface area contributed by atoms with Crippen molar-refractivity contribution in [1.82, 2.24) is 15.1 Å². The first-order valence-electron chi connectivity index (χ1n) is 11.1. The topological polar surface area (TPSA) is 105 Å². The van der Waals surface area contributed by atoms with E-state index in [0.717, 1.165) is 23.1 Å². The molecule has 11 heteroatoms. The van der Waals surface area contributed by atoms with Crippen LogP contribution in [0.3, 0.4) is 0 Å². The summed E-state index contributed by atoms with van der Waals surface area (Å²) in [6, 6.07) is 4.76. The fourth-order valence-corrected chi connectivity index (χ4v) is 6.61. The number of hydrogen-bond donors (Lipinski definition) is 1. The van der Waals surface area contributed by atoms with Gasteiger partial charge in [0.15, 0.2) is 11.5 Å². The average molecular weight is 506 g/mol. The van der Waals surface area contributed by atoms with Crippen LogP contribution in [-0.4, -0.2) is 76.2 Å². The molecule has 9 nitrogen and oxygen atoms in total. The smallest absolute Gasteiger partial charge is 0.293 e. The van der Waals surface area contributed by atoms with Crippen LogP contribution in [0.15, 0.2) is 23.1 Å². The molecule has 0 saturated carbocycles. The van der Waals surface area contributed by atoms with Gasteiger partial charge in [-0.3, -0.25) is 24.1 Å². The first kappa shape index (κ1) is 24.5. The average Bonchev–Trinajstić information content (AvgIpc) is 3.40. The molecular formula is C23H27N3O6S2. The second-order valence-electron chi connectivity index (χ2n) is 8.23. The molecule has 1 aromatic rings. The lowest BCUT2D eigenvalue weighted by Gasteiger charge is -2.29. The van der Waals surface area contributed by atoms with Crippen LogP contribution < -0.4 is 14.8 Å². The first-order chi connectivity index (χ1) is 16.3. The van der Waals surface area contributed by atoms with E-state index in [1.807, 2.05) is 13.8 Å². The van der Waals surface area contributed by atoms with Crippen molar-refractivity contribution in [3.05, 3.63) is 28.7 Å². The number of rotatable bonds is 8. The molecule has 0 bridgehead atoms. The second-order valence-corrected chi connectivity index (χ2v) is 10.7. The SMILES string of the molecule is CCOc1ccc(/C=C2\SC(=O)N(CCNC(=O)[C@H]3CS[C@]4(C)CCC(=O)N34)C2=O)cc1OC. The van der Waals surface area contributed by atoms with Crippen molar-refractivity contribution in [2.45, 2.75) is 37.6 Å². The standard InChI is InChI=1S/C23H27N3O6S2/c1-4-32-16-6-5-14(11-17(16)31-3)12-18-21(29)25(22(30)34-18)10-9-24-20(28)15-13-33-23(2)8-7-19(27)26(15)23/h5-6,11-12,15H,4,7-10,13H2,1-3H3,(H,24,28)/b18-12-/t15-,23-/m1/s1. The van der Waals surface area contributed by atoms with Crippen LogP contribution in [0.1, 0.15) is 32.3 Å². The van der Waals surface area contributed by atoms with Crippen LogP contribution in [0.4, 0.5) is 4.79 Å². The second kappa shape index (κ2) is 9.91. The highest BCUT2D eigenvalue weighted by Crippen LogP contribution is 2.47. The normalized spacial score (nSPS) is 25.3. The fraction of sp³-hybridized carbons (Fsp3) is 0.478. The number of benzene rings is 1. The van der Waals surface area contributed by atoms with E-state index in [1.165, 1.54) is 7.11 Å². The maximum atomic E-state index is 12.8. The Balaban J connectivity index is 1.35. The van der Waals surface area contributed by atoms with Gasteiger partial charge in [0.05, 0.1) is 23.5 Å². The zero-order valence-corrected chi connectivity index (χ0v) is 20.9. The van der Waals surface area contributed by atoms with Gasteiger partial charge in [0, 0.05) is 25.3 Å². The fourth-order valence-electron chi connectivity index (χ4n) is 4.32. The zero-order valence-electron chi connectivity index (χ0n) is 19.3. The predicted molar refractivity (Wildman–Crippen MR) is 131 cm³/mol. The monoisotopic (exact) mass is 505 g/mol. The van der Waals surface area contributed by atoms with E-state index < -0.39 is 11.9 Å². The Hall–Kier alpha value is -2.66. The van der Waals surface area contributed by atoms with Crippen molar-refractivity contribution in [2.75, 3.05) is 32.6 Å².